The molecule has 0 unspecified atom stereocenters. The predicted octanol–water partition coefficient (Wildman–Crippen LogP) is 6.39. The van der Waals surface area contributed by atoms with E-state index in [2.05, 4.69) is 42.8 Å². The van der Waals surface area contributed by atoms with Gasteiger partial charge in [0, 0.05) is 20.5 Å². The molecule has 0 radical (unpaired) electrons. The van der Waals surface area contributed by atoms with Crippen molar-refractivity contribution in [3.8, 4) is 17.2 Å². The van der Waals surface area contributed by atoms with Crippen LogP contribution >= 0.6 is 27.7 Å². The van der Waals surface area contributed by atoms with Gasteiger partial charge in [-0.25, -0.2) is 0 Å². The zero-order valence-electron chi connectivity index (χ0n) is 17.0. The normalized spacial score (nSPS) is 11.2. The Bertz CT molecular complexity index is 815. The van der Waals surface area contributed by atoms with E-state index in [-0.39, 0.29) is 17.1 Å². The third-order valence-electron chi connectivity index (χ3n) is 3.78. The second kappa shape index (κ2) is 10.2. The van der Waals surface area contributed by atoms with Gasteiger partial charge < -0.3 is 14.2 Å². The molecule has 0 aliphatic carbocycles. The number of methoxy groups -OCH3 is 1. The predicted molar refractivity (Wildman–Crippen MR) is 119 cm³/mol. The van der Waals surface area contributed by atoms with Gasteiger partial charge in [-0.3, -0.25) is 4.79 Å². The Morgan fingerprint density at radius 3 is 2.43 bits per heavy atom. The fourth-order valence-electron chi connectivity index (χ4n) is 2.46. The zero-order valence-corrected chi connectivity index (χ0v) is 19.4. The van der Waals surface area contributed by atoms with E-state index in [0.717, 1.165) is 27.1 Å². The number of benzene rings is 2. The number of hydrogen-bond donors (Lipinski definition) is 0. The molecule has 0 atom stereocenters. The maximum atomic E-state index is 11.8. The average Bonchev–Trinajstić information content (AvgIpc) is 2.61. The molecule has 2 aromatic rings. The van der Waals surface area contributed by atoms with Crippen molar-refractivity contribution in [1.29, 1.82) is 0 Å². The summed E-state index contributed by atoms with van der Waals surface area (Å²) in [7, 11) is 1.60. The lowest BCUT2D eigenvalue weighted by atomic mass is 10.1. The first kappa shape index (κ1) is 22.6. The third kappa shape index (κ3) is 7.06. The van der Waals surface area contributed by atoms with E-state index in [1.807, 2.05) is 42.1 Å². The van der Waals surface area contributed by atoms with Crippen LogP contribution in [0.25, 0.3) is 0 Å². The van der Waals surface area contributed by atoms with E-state index in [1.165, 1.54) is 0 Å². The molecule has 2 rings (SSSR count). The average molecular weight is 467 g/mol. The van der Waals surface area contributed by atoms with Gasteiger partial charge in [-0.1, -0.05) is 42.8 Å². The highest BCUT2D eigenvalue weighted by molar-refractivity contribution is 9.10. The smallest absolute Gasteiger partial charge is 0.310 e. The summed E-state index contributed by atoms with van der Waals surface area (Å²) in [5, 5.41) is 0. The highest BCUT2D eigenvalue weighted by Gasteiger charge is 2.16. The van der Waals surface area contributed by atoms with Crippen molar-refractivity contribution in [3.63, 3.8) is 0 Å². The number of esters is 1. The van der Waals surface area contributed by atoms with Crippen LogP contribution in [0.2, 0.25) is 0 Å². The van der Waals surface area contributed by atoms with Crippen molar-refractivity contribution >= 4 is 33.7 Å². The van der Waals surface area contributed by atoms with Crippen LogP contribution in [0.4, 0.5) is 0 Å². The lowest BCUT2D eigenvalue weighted by Crippen LogP contribution is -2.08. The number of halogens is 1. The molecule has 0 heterocycles. The summed E-state index contributed by atoms with van der Waals surface area (Å²) in [6.07, 6.45) is 0.196. The number of rotatable bonds is 8. The van der Waals surface area contributed by atoms with Crippen LogP contribution in [0.3, 0.4) is 0 Å². The van der Waals surface area contributed by atoms with Gasteiger partial charge in [0.2, 0.25) is 0 Å². The summed E-state index contributed by atoms with van der Waals surface area (Å²) >= 11 is 5.40. The van der Waals surface area contributed by atoms with Gasteiger partial charge in [0.1, 0.15) is 5.75 Å². The Hall–Kier alpha value is -1.66. The van der Waals surface area contributed by atoms with Crippen molar-refractivity contribution in [3.05, 3.63) is 52.0 Å². The summed E-state index contributed by atoms with van der Waals surface area (Å²) in [6.45, 7) is 8.74. The van der Waals surface area contributed by atoms with Gasteiger partial charge in [0.25, 0.3) is 0 Å². The lowest BCUT2D eigenvalue weighted by molar-refractivity contribution is -0.142. The van der Waals surface area contributed by atoms with E-state index in [0.29, 0.717) is 18.1 Å². The highest BCUT2D eigenvalue weighted by atomic mass is 79.9. The Morgan fingerprint density at radius 2 is 1.79 bits per heavy atom. The summed E-state index contributed by atoms with van der Waals surface area (Å²) in [4.78, 5) is 11.8. The van der Waals surface area contributed by atoms with E-state index < -0.39 is 0 Å². The molecule has 0 saturated heterocycles. The molecule has 0 aromatic heterocycles. The third-order valence-corrected chi connectivity index (χ3v) is 5.60. The minimum atomic E-state index is -0.260. The van der Waals surface area contributed by atoms with Crippen LogP contribution in [-0.2, 0) is 21.7 Å². The molecule has 0 fully saturated rings. The number of thioether (sulfide) groups is 1. The minimum Gasteiger partial charge on any atom is -0.493 e. The summed E-state index contributed by atoms with van der Waals surface area (Å²) < 4.78 is 17.9. The Balaban J connectivity index is 2.29. The quantitative estimate of drug-likeness (QED) is 0.421. The molecular formula is C22H27BrO4S. The number of hydrogen-bond acceptors (Lipinski definition) is 5. The monoisotopic (exact) mass is 466 g/mol. The second-order valence-electron chi connectivity index (χ2n) is 7.22. The number of ether oxygens (including phenoxy) is 3. The molecule has 0 spiro atoms. The van der Waals surface area contributed by atoms with Crippen molar-refractivity contribution in [1.82, 2.24) is 0 Å². The standard InChI is InChI=1S/C22H27BrO4S/c1-6-26-21(24)12-15-7-9-19(25-5)20(11-15)27-18-10-8-17(23)13-16(18)14-28-22(2,3)4/h7-11,13H,6,12,14H2,1-5H3. The maximum Gasteiger partial charge on any atom is 0.310 e. The van der Waals surface area contributed by atoms with Crippen molar-refractivity contribution < 1.29 is 19.0 Å². The molecule has 4 nitrogen and oxygen atoms in total. The molecule has 0 saturated carbocycles. The summed E-state index contributed by atoms with van der Waals surface area (Å²) in [6, 6.07) is 11.5. The number of carbonyl (C=O) groups excluding carboxylic acids is 1. The van der Waals surface area contributed by atoms with Gasteiger partial charge >= 0.3 is 5.97 Å². The molecule has 0 aliphatic heterocycles. The van der Waals surface area contributed by atoms with Gasteiger partial charge in [-0.05, 0) is 42.8 Å². The van der Waals surface area contributed by atoms with Crippen molar-refractivity contribution in [2.75, 3.05) is 13.7 Å². The first-order valence-electron chi connectivity index (χ1n) is 9.14. The lowest BCUT2D eigenvalue weighted by Gasteiger charge is -2.19. The first-order valence-corrected chi connectivity index (χ1v) is 10.9. The van der Waals surface area contributed by atoms with Crippen LogP contribution in [0.1, 0.15) is 38.8 Å². The molecular weight excluding hydrogens is 440 g/mol. The SMILES string of the molecule is CCOC(=O)Cc1ccc(OC)c(Oc2ccc(Br)cc2CSC(C)(C)C)c1. The van der Waals surface area contributed by atoms with Crippen molar-refractivity contribution in [2.45, 2.75) is 44.6 Å². The van der Waals surface area contributed by atoms with Crippen LogP contribution in [-0.4, -0.2) is 24.4 Å². The number of carbonyl (C=O) groups is 1. The van der Waals surface area contributed by atoms with Gasteiger partial charge in [-0.15, -0.1) is 0 Å². The van der Waals surface area contributed by atoms with Crippen LogP contribution < -0.4 is 9.47 Å². The minimum absolute atomic E-state index is 0.150. The molecule has 0 bridgehead atoms. The van der Waals surface area contributed by atoms with Crippen LogP contribution in [0.5, 0.6) is 17.2 Å². The van der Waals surface area contributed by atoms with Crippen molar-refractivity contribution in [2.24, 2.45) is 0 Å². The van der Waals surface area contributed by atoms with Crippen LogP contribution in [0.15, 0.2) is 40.9 Å². The fourth-order valence-corrected chi connectivity index (χ4v) is 3.69. The first-order chi connectivity index (χ1) is 13.2. The molecule has 0 amide bonds. The van der Waals surface area contributed by atoms with Gasteiger partial charge in [0.15, 0.2) is 11.5 Å². The van der Waals surface area contributed by atoms with E-state index in [4.69, 9.17) is 14.2 Å². The molecule has 28 heavy (non-hydrogen) atoms. The fraction of sp³-hybridized carbons (Fsp3) is 0.409. The summed E-state index contributed by atoms with van der Waals surface area (Å²) in [5.74, 6) is 2.53. The van der Waals surface area contributed by atoms with E-state index >= 15 is 0 Å². The highest BCUT2D eigenvalue weighted by Crippen LogP contribution is 2.38. The summed E-state index contributed by atoms with van der Waals surface area (Å²) in [5.41, 5.74) is 1.91. The Morgan fingerprint density at radius 1 is 1.07 bits per heavy atom. The molecule has 152 valence electrons. The largest absolute Gasteiger partial charge is 0.493 e. The van der Waals surface area contributed by atoms with Crippen LogP contribution in [0, 0.1) is 0 Å². The van der Waals surface area contributed by atoms with Gasteiger partial charge in [0.05, 0.1) is 20.1 Å². The molecule has 2 aromatic carbocycles. The molecule has 6 heteroatoms. The Kier molecular flexibility index (Phi) is 8.25. The molecule has 0 N–H and O–H groups in total. The second-order valence-corrected chi connectivity index (χ2v) is 9.94. The molecule has 0 aliphatic rings. The van der Waals surface area contributed by atoms with E-state index in [9.17, 15) is 4.79 Å². The zero-order chi connectivity index (χ0) is 20.7. The topological polar surface area (TPSA) is 44.8 Å². The van der Waals surface area contributed by atoms with Gasteiger partial charge in [-0.2, -0.15) is 11.8 Å². The van der Waals surface area contributed by atoms with E-state index in [1.54, 1.807) is 14.0 Å². The Labute approximate surface area is 180 Å². The maximum absolute atomic E-state index is 11.8.